The molecule has 4 rings (SSSR count). The van der Waals surface area contributed by atoms with Crippen LogP contribution in [0.15, 0.2) is 35.3 Å². The third kappa shape index (κ3) is 3.43. The van der Waals surface area contributed by atoms with Crippen molar-refractivity contribution in [3.8, 4) is 0 Å². The van der Waals surface area contributed by atoms with Crippen LogP contribution in [0.4, 0.5) is 14.6 Å². The number of aliphatic hydroxyl groups is 1. The summed E-state index contributed by atoms with van der Waals surface area (Å²) in [6.45, 7) is -0.566. The van der Waals surface area contributed by atoms with E-state index in [4.69, 9.17) is 9.84 Å². The normalized spacial score (nSPS) is 22.8. The molecule has 7 nitrogen and oxygen atoms in total. The smallest absolute Gasteiger partial charge is 0.351 e. The SMILES string of the molecule is O=C(Nc1ccn(C2OC(CO)CC2(F)F)c(=O)n1)c1ccc2c(c1)CCC2. The molecule has 1 aromatic carbocycles. The Morgan fingerprint density at radius 2 is 2.11 bits per heavy atom. The molecule has 2 N–H and O–H groups in total. The minimum atomic E-state index is -3.31. The molecule has 1 amide bonds. The van der Waals surface area contributed by atoms with Crippen molar-refractivity contribution in [3.05, 3.63) is 57.6 Å². The standard InChI is InChI=1S/C19H19F2N3O4/c20-19(21)9-14(10-25)28-17(19)24-7-6-15(23-18(24)27)22-16(26)13-5-4-11-2-1-3-12(11)8-13/h4-8,14,17,25H,1-3,9-10H2,(H,22,23,26,27). The molecule has 2 heterocycles. The molecule has 9 heteroatoms. The number of aromatic nitrogens is 2. The Morgan fingerprint density at radius 3 is 2.82 bits per heavy atom. The van der Waals surface area contributed by atoms with Crippen LogP contribution in [0, 0.1) is 0 Å². The van der Waals surface area contributed by atoms with E-state index < -0.39 is 42.9 Å². The average molecular weight is 391 g/mol. The Bertz CT molecular complexity index is 976. The van der Waals surface area contributed by atoms with Gasteiger partial charge in [-0.1, -0.05) is 6.07 Å². The molecule has 1 fully saturated rings. The fraction of sp³-hybridized carbons (Fsp3) is 0.421. The molecule has 2 aliphatic rings. The number of carbonyl (C=O) groups excluding carboxylic acids is 1. The number of hydrogen-bond acceptors (Lipinski definition) is 5. The number of anilines is 1. The first kappa shape index (κ1) is 18.7. The molecular formula is C19H19F2N3O4. The van der Waals surface area contributed by atoms with Crippen molar-refractivity contribution < 1.29 is 23.4 Å². The molecule has 2 aromatic rings. The molecule has 28 heavy (non-hydrogen) atoms. The third-order valence-electron chi connectivity index (χ3n) is 5.07. The van der Waals surface area contributed by atoms with Crippen LogP contribution in [0.1, 0.15) is 40.6 Å². The van der Waals surface area contributed by atoms with Gasteiger partial charge in [-0.2, -0.15) is 4.98 Å². The first-order valence-electron chi connectivity index (χ1n) is 9.04. The number of fused-ring (bicyclic) bond motifs is 1. The van der Waals surface area contributed by atoms with E-state index in [9.17, 15) is 18.4 Å². The van der Waals surface area contributed by atoms with Crippen molar-refractivity contribution in [3.63, 3.8) is 0 Å². The first-order chi connectivity index (χ1) is 13.4. The van der Waals surface area contributed by atoms with E-state index in [-0.39, 0.29) is 5.82 Å². The lowest BCUT2D eigenvalue weighted by Gasteiger charge is -2.19. The summed E-state index contributed by atoms with van der Waals surface area (Å²) in [6.07, 6.45) is 0.517. The maximum absolute atomic E-state index is 14.1. The first-order valence-corrected chi connectivity index (χ1v) is 9.04. The van der Waals surface area contributed by atoms with Gasteiger partial charge in [0, 0.05) is 18.2 Å². The molecule has 2 unspecified atom stereocenters. The van der Waals surface area contributed by atoms with E-state index in [0.29, 0.717) is 10.1 Å². The van der Waals surface area contributed by atoms with Crippen LogP contribution >= 0.6 is 0 Å². The van der Waals surface area contributed by atoms with Gasteiger partial charge in [0.2, 0.25) is 6.23 Å². The van der Waals surface area contributed by atoms with Crippen LogP contribution in [0.5, 0.6) is 0 Å². The van der Waals surface area contributed by atoms with Gasteiger partial charge in [-0.3, -0.25) is 9.36 Å². The zero-order chi connectivity index (χ0) is 19.9. The van der Waals surface area contributed by atoms with Crippen molar-refractivity contribution in [1.29, 1.82) is 0 Å². The molecule has 0 bridgehead atoms. The fourth-order valence-electron chi connectivity index (χ4n) is 3.67. The number of aryl methyl sites for hydroxylation is 2. The number of aliphatic hydroxyl groups excluding tert-OH is 1. The summed E-state index contributed by atoms with van der Waals surface area (Å²) in [5.74, 6) is -3.78. The second kappa shape index (κ2) is 7.06. The minimum Gasteiger partial charge on any atom is -0.394 e. The molecular weight excluding hydrogens is 372 g/mol. The van der Waals surface area contributed by atoms with Gasteiger partial charge in [0.15, 0.2) is 0 Å². The summed E-state index contributed by atoms with van der Waals surface area (Å²) >= 11 is 0. The van der Waals surface area contributed by atoms with Gasteiger partial charge in [-0.05, 0) is 48.6 Å². The number of benzene rings is 1. The highest BCUT2D eigenvalue weighted by Crippen LogP contribution is 2.41. The van der Waals surface area contributed by atoms with Gasteiger partial charge in [-0.15, -0.1) is 0 Å². The molecule has 1 aliphatic heterocycles. The number of rotatable bonds is 4. The van der Waals surface area contributed by atoms with Crippen molar-refractivity contribution in [1.82, 2.24) is 9.55 Å². The van der Waals surface area contributed by atoms with E-state index in [1.807, 2.05) is 12.1 Å². The lowest BCUT2D eigenvalue weighted by Crippen LogP contribution is -2.35. The lowest BCUT2D eigenvalue weighted by atomic mass is 10.1. The van der Waals surface area contributed by atoms with Crippen LogP contribution in [-0.2, 0) is 17.6 Å². The van der Waals surface area contributed by atoms with Crippen molar-refractivity contribution in [2.75, 3.05) is 11.9 Å². The number of amides is 1. The molecule has 148 valence electrons. The Morgan fingerprint density at radius 1 is 1.32 bits per heavy atom. The molecule has 0 radical (unpaired) electrons. The van der Waals surface area contributed by atoms with Gasteiger partial charge >= 0.3 is 5.69 Å². The topological polar surface area (TPSA) is 93.5 Å². The Kier molecular flexibility index (Phi) is 4.72. The molecule has 1 aliphatic carbocycles. The lowest BCUT2D eigenvalue weighted by molar-refractivity contribution is -0.120. The maximum atomic E-state index is 14.1. The largest absolute Gasteiger partial charge is 0.394 e. The number of carbonyl (C=O) groups is 1. The summed E-state index contributed by atoms with van der Waals surface area (Å²) in [4.78, 5) is 28.3. The van der Waals surface area contributed by atoms with Gasteiger partial charge in [-0.25, -0.2) is 13.6 Å². The maximum Gasteiger partial charge on any atom is 0.351 e. The van der Waals surface area contributed by atoms with E-state index in [1.165, 1.54) is 11.6 Å². The molecule has 1 aromatic heterocycles. The predicted octanol–water partition coefficient (Wildman–Crippen LogP) is 1.90. The second-order valence-electron chi connectivity index (χ2n) is 7.05. The van der Waals surface area contributed by atoms with E-state index in [0.717, 1.165) is 31.0 Å². The predicted molar refractivity (Wildman–Crippen MR) is 95.5 cm³/mol. The van der Waals surface area contributed by atoms with Crippen LogP contribution in [0.25, 0.3) is 0 Å². The minimum absolute atomic E-state index is 0.0354. The van der Waals surface area contributed by atoms with E-state index >= 15 is 0 Å². The van der Waals surface area contributed by atoms with Crippen molar-refractivity contribution >= 4 is 11.7 Å². The van der Waals surface area contributed by atoms with Crippen LogP contribution in [0.3, 0.4) is 0 Å². The summed E-state index contributed by atoms with van der Waals surface area (Å²) in [6, 6.07) is 6.71. The van der Waals surface area contributed by atoms with Crippen LogP contribution in [0.2, 0.25) is 0 Å². The Balaban J connectivity index is 1.52. The van der Waals surface area contributed by atoms with Crippen molar-refractivity contribution in [2.24, 2.45) is 0 Å². The van der Waals surface area contributed by atoms with Gasteiger partial charge in [0.1, 0.15) is 5.82 Å². The Hall–Kier alpha value is -2.65. The summed E-state index contributed by atoms with van der Waals surface area (Å²) in [5.41, 5.74) is 1.84. The highest BCUT2D eigenvalue weighted by Gasteiger charge is 2.51. The highest BCUT2D eigenvalue weighted by molar-refractivity contribution is 6.03. The summed E-state index contributed by atoms with van der Waals surface area (Å²) in [7, 11) is 0. The number of hydrogen-bond donors (Lipinski definition) is 2. The van der Waals surface area contributed by atoms with Crippen LogP contribution in [-0.4, -0.2) is 39.2 Å². The fourth-order valence-corrected chi connectivity index (χ4v) is 3.67. The molecule has 0 spiro atoms. The summed E-state index contributed by atoms with van der Waals surface area (Å²) in [5, 5.41) is 11.6. The van der Waals surface area contributed by atoms with Gasteiger partial charge < -0.3 is 15.2 Å². The summed E-state index contributed by atoms with van der Waals surface area (Å²) < 4.78 is 33.8. The number of ether oxygens (including phenoxy) is 1. The van der Waals surface area contributed by atoms with Gasteiger partial charge in [0.05, 0.1) is 12.7 Å². The zero-order valence-electron chi connectivity index (χ0n) is 14.9. The van der Waals surface area contributed by atoms with E-state index in [1.54, 1.807) is 6.07 Å². The van der Waals surface area contributed by atoms with Crippen LogP contribution < -0.4 is 11.0 Å². The highest BCUT2D eigenvalue weighted by atomic mass is 19.3. The quantitative estimate of drug-likeness (QED) is 0.830. The number of nitrogens with one attached hydrogen (secondary N) is 1. The average Bonchev–Trinajstić information content (AvgIpc) is 3.24. The third-order valence-corrected chi connectivity index (χ3v) is 5.07. The number of halogens is 2. The number of nitrogens with zero attached hydrogens (tertiary/aromatic N) is 2. The molecule has 2 atom stereocenters. The molecule has 0 saturated carbocycles. The van der Waals surface area contributed by atoms with Gasteiger partial charge in [0.25, 0.3) is 11.8 Å². The van der Waals surface area contributed by atoms with E-state index in [2.05, 4.69) is 10.3 Å². The number of alkyl halides is 2. The van der Waals surface area contributed by atoms with Crippen molar-refractivity contribution in [2.45, 2.75) is 43.9 Å². The Labute approximate surface area is 159 Å². The zero-order valence-corrected chi connectivity index (χ0v) is 14.9. The monoisotopic (exact) mass is 391 g/mol. The second-order valence-corrected chi connectivity index (χ2v) is 7.05. The molecule has 1 saturated heterocycles.